The number of sulfonamides is 1. The van der Waals surface area contributed by atoms with Crippen LogP contribution in [0.2, 0.25) is 5.02 Å². The predicted octanol–water partition coefficient (Wildman–Crippen LogP) is 2.18. The molecule has 0 saturated carbocycles. The number of benzene rings is 1. The maximum absolute atomic E-state index is 12.7. The largest absolute Gasteiger partial charge is 0.395 e. The monoisotopic (exact) mass is 303 g/mol. The van der Waals surface area contributed by atoms with Crippen LogP contribution in [0.15, 0.2) is 23.1 Å². The summed E-state index contributed by atoms with van der Waals surface area (Å²) in [5.41, 5.74) is 0.634. The third-order valence-electron chi connectivity index (χ3n) is 3.51. The quantitative estimate of drug-likeness (QED) is 0.931. The fraction of sp³-hybridized carbons (Fsp3) is 0.538. The van der Waals surface area contributed by atoms with Crippen molar-refractivity contribution in [3.63, 3.8) is 0 Å². The highest BCUT2D eigenvalue weighted by molar-refractivity contribution is 7.89. The zero-order chi connectivity index (χ0) is 14.0. The molecule has 1 fully saturated rings. The first kappa shape index (κ1) is 14.8. The Hall–Kier alpha value is -0.620. The molecule has 0 bridgehead atoms. The van der Waals surface area contributed by atoms with E-state index in [0.29, 0.717) is 18.5 Å². The molecule has 1 saturated heterocycles. The van der Waals surface area contributed by atoms with Gasteiger partial charge in [-0.15, -0.1) is 0 Å². The predicted molar refractivity (Wildman–Crippen MR) is 74.8 cm³/mol. The molecule has 0 spiro atoms. The van der Waals surface area contributed by atoms with Crippen molar-refractivity contribution in [1.82, 2.24) is 4.31 Å². The number of hydrogen-bond acceptors (Lipinski definition) is 3. The molecule has 106 valence electrons. The summed E-state index contributed by atoms with van der Waals surface area (Å²) in [5, 5.41) is 9.61. The summed E-state index contributed by atoms with van der Waals surface area (Å²) in [6.07, 6.45) is 2.46. The first-order chi connectivity index (χ1) is 8.98. The molecule has 1 N–H and O–H groups in total. The molecule has 1 atom stereocenters. The second-order valence-corrected chi connectivity index (χ2v) is 7.07. The van der Waals surface area contributed by atoms with Crippen molar-refractivity contribution in [1.29, 1.82) is 0 Å². The molecule has 4 nitrogen and oxygen atoms in total. The first-order valence-electron chi connectivity index (χ1n) is 6.36. The summed E-state index contributed by atoms with van der Waals surface area (Å²) < 4.78 is 26.9. The lowest BCUT2D eigenvalue weighted by atomic mass is 10.1. The molecule has 6 heteroatoms. The van der Waals surface area contributed by atoms with Gasteiger partial charge in [-0.1, -0.05) is 30.2 Å². The van der Waals surface area contributed by atoms with Gasteiger partial charge in [-0.3, -0.25) is 0 Å². The topological polar surface area (TPSA) is 57.6 Å². The van der Waals surface area contributed by atoms with Crippen molar-refractivity contribution in [2.45, 2.75) is 37.1 Å². The van der Waals surface area contributed by atoms with Crippen molar-refractivity contribution in [3.05, 3.63) is 28.8 Å². The average Bonchev–Trinajstić information content (AvgIpc) is 2.38. The zero-order valence-corrected chi connectivity index (χ0v) is 12.4. The van der Waals surface area contributed by atoms with E-state index in [1.807, 2.05) is 0 Å². The molecular weight excluding hydrogens is 286 g/mol. The molecule has 1 aliphatic heterocycles. The highest BCUT2D eigenvalue weighted by atomic mass is 35.5. The van der Waals surface area contributed by atoms with Gasteiger partial charge in [0.15, 0.2) is 0 Å². The van der Waals surface area contributed by atoms with E-state index in [1.165, 1.54) is 4.31 Å². The van der Waals surface area contributed by atoms with Crippen molar-refractivity contribution in [2.75, 3.05) is 13.2 Å². The van der Waals surface area contributed by atoms with Crippen LogP contribution in [0.5, 0.6) is 0 Å². The van der Waals surface area contributed by atoms with Crippen molar-refractivity contribution in [3.8, 4) is 0 Å². The minimum atomic E-state index is -3.64. The molecule has 0 aromatic heterocycles. The van der Waals surface area contributed by atoms with Crippen LogP contribution in [0.1, 0.15) is 24.8 Å². The number of aryl methyl sites for hydroxylation is 1. The number of halogens is 1. The second-order valence-electron chi connectivity index (χ2n) is 4.83. The van der Waals surface area contributed by atoms with Crippen molar-refractivity contribution in [2.24, 2.45) is 0 Å². The van der Waals surface area contributed by atoms with Gasteiger partial charge in [-0.2, -0.15) is 4.31 Å². The normalized spacial score (nSPS) is 21.5. The van der Waals surface area contributed by atoms with Gasteiger partial charge >= 0.3 is 0 Å². The number of hydrogen-bond donors (Lipinski definition) is 1. The van der Waals surface area contributed by atoms with E-state index in [1.54, 1.807) is 25.1 Å². The van der Waals surface area contributed by atoms with Gasteiger partial charge in [0.05, 0.1) is 11.6 Å². The van der Waals surface area contributed by atoms with Gasteiger partial charge in [-0.25, -0.2) is 8.42 Å². The Kier molecular flexibility index (Phi) is 4.50. The maximum atomic E-state index is 12.7. The van der Waals surface area contributed by atoms with Gasteiger partial charge in [0, 0.05) is 12.6 Å². The van der Waals surface area contributed by atoms with E-state index in [2.05, 4.69) is 0 Å². The fourth-order valence-electron chi connectivity index (χ4n) is 2.53. The SMILES string of the molecule is Cc1cccc(Cl)c1S(=O)(=O)N1CCCC[C@H]1CO. The summed E-state index contributed by atoms with van der Waals surface area (Å²) >= 11 is 6.06. The number of aliphatic hydroxyl groups excluding tert-OH is 1. The molecule has 0 amide bonds. The smallest absolute Gasteiger partial charge is 0.245 e. The lowest BCUT2D eigenvalue weighted by molar-refractivity contribution is 0.155. The van der Waals surface area contributed by atoms with Crippen LogP contribution in [0, 0.1) is 6.92 Å². The van der Waals surface area contributed by atoms with Crippen molar-refractivity contribution < 1.29 is 13.5 Å². The Morgan fingerprint density at radius 1 is 1.42 bits per heavy atom. The average molecular weight is 304 g/mol. The summed E-state index contributed by atoms with van der Waals surface area (Å²) in [5.74, 6) is 0. The third kappa shape index (κ3) is 2.79. The molecular formula is C13H18ClNO3S. The molecule has 0 radical (unpaired) electrons. The molecule has 19 heavy (non-hydrogen) atoms. The lowest BCUT2D eigenvalue weighted by Gasteiger charge is -2.34. The molecule has 1 aromatic carbocycles. The Morgan fingerprint density at radius 2 is 2.16 bits per heavy atom. The standard InChI is InChI=1S/C13H18ClNO3S/c1-10-5-4-7-12(14)13(10)19(17,18)15-8-3-2-6-11(15)9-16/h4-5,7,11,16H,2-3,6,8-9H2,1H3/t11-/m0/s1. The Labute approximate surface area is 119 Å². The zero-order valence-electron chi connectivity index (χ0n) is 10.8. The Bertz CT molecular complexity index is 539. The maximum Gasteiger partial charge on any atom is 0.245 e. The van der Waals surface area contributed by atoms with Crippen LogP contribution in [0.25, 0.3) is 0 Å². The molecule has 1 aromatic rings. The van der Waals surface area contributed by atoms with Gasteiger partial charge in [0.25, 0.3) is 0 Å². The summed E-state index contributed by atoms with van der Waals surface area (Å²) in [4.78, 5) is 0.164. The first-order valence-corrected chi connectivity index (χ1v) is 8.18. The van der Waals surface area contributed by atoms with Crippen LogP contribution < -0.4 is 0 Å². The van der Waals surface area contributed by atoms with Crippen LogP contribution in [-0.2, 0) is 10.0 Å². The van der Waals surface area contributed by atoms with E-state index < -0.39 is 10.0 Å². The van der Waals surface area contributed by atoms with Crippen LogP contribution in [-0.4, -0.2) is 37.0 Å². The van der Waals surface area contributed by atoms with E-state index in [-0.39, 0.29) is 22.6 Å². The molecule has 0 aliphatic carbocycles. The van der Waals surface area contributed by atoms with E-state index >= 15 is 0 Å². The third-order valence-corrected chi connectivity index (χ3v) is 6.10. The van der Waals surface area contributed by atoms with Gasteiger partial charge in [0.1, 0.15) is 4.90 Å². The number of aliphatic hydroxyl groups is 1. The molecule has 0 unspecified atom stereocenters. The van der Waals surface area contributed by atoms with Crippen molar-refractivity contribution >= 4 is 21.6 Å². The number of nitrogens with zero attached hydrogens (tertiary/aromatic N) is 1. The van der Waals surface area contributed by atoms with Gasteiger partial charge < -0.3 is 5.11 Å². The summed E-state index contributed by atoms with van der Waals surface area (Å²) in [6.45, 7) is 2.03. The Morgan fingerprint density at radius 3 is 2.79 bits per heavy atom. The van der Waals surface area contributed by atoms with Crippen LogP contribution in [0.4, 0.5) is 0 Å². The summed E-state index contributed by atoms with van der Waals surface area (Å²) in [6, 6.07) is 4.71. The van der Waals surface area contributed by atoms with E-state index in [9.17, 15) is 13.5 Å². The van der Waals surface area contributed by atoms with Gasteiger partial charge in [0.2, 0.25) is 10.0 Å². The van der Waals surface area contributed by atoms with E-state index in [4.69, 9.17) is 11.6 Å². The fourth-order valence-corrected chi connectivity index (χ4v) is 5.01. The lowest BCUT2D eigenvalue weighted by Crippen LogP contribution is -2.45. The summed E-state index contributed by atoms with van der Waals surface area (Å²) in [7, 11) is -3.64. The minimum absolute atomic E-state index is 0.150. The van der Waals surface area contributed by atoms with Crippen LogP contribution >= 0.6 is 11.6 Å². The molecule has 2 rings (SSSR count). The van der Waals surface area contributed by atoms with Gasteiger partial charge in [-0.05, 0) is 31.4 Å². The minimum Gasteiger partial charge on any atom is -0.395 e. The molecule has 1 aliphatic rings. The van der Waals surface area contributed by atoms with Crippen LogP contribution in [0.3, 0.4) is 0 Å². The Balaban J connectivity index is 2.47. The second kappa shape index (κ2) is 5.79. The number of rotatable bonds is 3. The molecule has 1 heterocycles. The highest BCUT2D eigenvalue weighted by Crippen LogP contribution is 2.31. The highest BCUT2D eigenvalue weighted by Gasteiger charge is 2.35. The van der Waals surface area contributed by atoms with E-state index in [0.717, 1.165) is 12.8 Å². The number of piperidine rings is 1.